The summed E-state index contributed by atoms with van der Waals surface area (Å²) in [5, 5.41) is 7.02. The maximum Gasteiger partial charge on any atom is 0.171 e. The van der Waals surface area contributed by atoms with E-state index in [1.54, 1.807) is 6.26 Å². The van der Waals surface area contributed by atoms with Gasteiger partial charge >= 0.3 is 0 Å². The molecule has 0 bridgehead atoms. The fourth-order valence-corrected chi connectivity index (χ4v) is 2.62. The number of hydrogen-bond acceptors (Lipinski definition) is 2. The van der Waals surface area contributed by atoms with Crippen LogP contribution in [0.1, 0.15) is 11.8 Å². The Morgan fingerprint density at radius 1 is 1.33 bits per heavy atom. The fourth-order valence-electron chi connectivity index (χ4n) is 2.02. The van der Waals surface area contributed by atoms with E-state index >= 15 is 0 Å². The predicted octanol–water partition coefficient (Wildman–Crippen LogP) is 2.21. The molecule has 0 aliphatic rings. The summed E-state index contributed by atoms with van der Waals surface area (Å²) in [7, 11) is 4.19. The summed E-state index contributed by atoms with van der Waals surface area (Å²) in [6.07, 6.45) is 1.70. The molecule has 0 radical (unpaired) electrons. The van der Waals surface area contributed by atoms with Gasteiger partial charge in [0.1, 0.15) is 0 Å². The third-order valence-corrected chi connectivity index (χ3v) is 3.87. The highest BCUT2D eigenvalue weighted by molar-refractivity contribution is 9.10. The lowest BCUT2D eigenvalue weighted by Crippen LogP contribution is -3.07. The molecule has 0 saturated carbocycles. The number of quaternary nitrogens is 1. The second kappa shape index (κ2) is 7.59. The lowest BCUT2D eigenvalue weighted by atomic mass is 10.2. The Bertz CT molecular complexity index is 586. The van der Waals surface area contributed by atoms with Crippen LogP contribution in [0.4, 0.5) is 5.69 Å². The van der Waals surface area contributed by atoms with Gasteiger partial charge in [0.05, 0.1) is 26.9 Å². The summed E-state index contributed by atoms with van der Waals surface area (Å²) in [5.74, 6) is 0.952. The summed E-state index contributed by atoms with van der Waals surface area (Å²) in [5.41, 5.74) is 0.952. The summed E-state index contributed by atoms with van der Waals surface area (Å²) < 4.78 is 6.51. The normalized spacial score (nSPS) is 12.2. The number of thiocarbonyl (C=S) groups is 1. The number of furan rings is 1. The molecule has 0 unspecified atom stereocenters. The molecule has 0 aliphatic carbocycles. The van der Waals surface area contributed by atoms with Crippen molar-refractivity contribution in [3.63, 3.8) is 0 Å². The van der Waals surface area contributed by atoms with E-state index in [4.69, 9.17) is 16.6 Å². The summed E-state index contributed by atoms with van der Waals surface area (Å²) in [6.45, 7) is 0.704. The van der Waals surface area contributed by atoms with Crippen LogP contribution < -0.4 is 15.5 Å². The Morgan fingerprint density at radius 3 is 2.76 bits per heavy atom. The van der Waals surface area contributed by atoms with Crippen LogP contribution >= 0.6 is 28.1 Å². The van der Waals surface area contributed by atoms with Gasteiger partial charge in [-0.15, -0.1) is 0 Å². The molecule has 0 amide bonds. The molecule has 1 heterocycles. The first kappa shape index (κ1) is 16.0. The van der Waals surface area contributed by atoms with Crippen LogP contribution in [0.5, 0.6) is 0 Å². The molecule has 112 valence electrons. The van der Waals surface area contributed by atoms with Crippen molar-refractivity contribution < 1.29 is 9.32 Å². The van der Waals surface area contributed by atoms with Gasteiger partial charge in [-0.2, -0.15) is 0 Å². The average molecular weight is 369 g/mol. The topological polar surface area (TPSA) is 41.6 Å². The summed E-state index contributed by atoms with van der Waals surface area (Å²) in [6, 6.07) is 12.0. The SMILES string of the molecule is C[NH+](C)[C@@H](CNC(=S)Nc1cccc(Br)c1)c1ccco1. The highest BCUT2D eigenvalue weighted by atomic mass is 79.9. The lowest BCUT2D eigenvalue weighted by Gasteiger charge is -2.20. The van der Waals surface area contributed by atoms with Gasteiger partial charge in [-0.1, -0.05) is 22.0 Å². The molecule has 21 heavy (non-hydrogen) atoms. The van der Waals surface area contributed by atoms with E-state index in [-0.39, 0.29) is 6.04 Å². The van der Waals surface area contributed by atoms with Crippen LogP contribution in [0, 0.1) is 0 Å². The van der Waals surface area contributed by atoms with Crippen molar-refractivity contribution >= 4 is 38.9 Å². The molecule has 6 heteroatoms. The zero-order chi connectivity index (χ0) is 15.2. The van der Waals surface area contributed by atoms with Crippen LogP contribution in [-0.2, 0) is 0 Å². The van der Waals surface area contributed by atoms with E-state index < -0.39 is 0 Å². The molecule has 4 nitrogen and oxygen atoms in total. The van der Waals surface area contributed by atoms with Crippen molar-refractivity contribution in [1.29, 1.82) is 0 Å². The Balaban J connectivity index is 1.90. The van der Waals surface area contributed by atoms with Gasteiger partial charge in [0.25, 0.3) is 0 Å². The molecule has 2 aromatic rings. The highest BCUT2D eigenvalue weighted by Gasteiger charge is 2.20. The third-order valence-electron chi connectivity index (χ3n) is 3.13. The zero-order valence-corrected chi connectivity index (χ0v) is 14.4. The molecule has 0 spiro atoms. The van der Waals surface area contributed by atoms with E-state index in [0.717, 1.165) is 15.9 Å². The van der Waals surface area contributed by atoms with Crippen molar-refractivity contribution in [3.05, 3.63) is 52.9 Å². The zero-order valence-electron chi connectivity index (χ0n) is 12.0. The molecule has 1 atom stereocenters. The molecular weight excluding hydrogens is 350 g/mol. The number of halogens is 1. The van der Waals surface area contributed by atoms with Gasteiger partial charge in [-0.3, -0.25) is 0 Å². The number of likely N-dealkylation sites (N-methyl/N-ethyl adjacent to an activating group) is 1. The number of hydrogen-bond donors (Lipinski definition) is 3. The maximum absolute atomic E-state index is 5.49. The second-order valence-corrected chi connectivity index (χ2v) is 6.31. The average Bonchev–Trinajstić information content (AvgIpc) is 2.92. The van der Waals surface area contributed by atoms with Crippen LogP contribution in [0.3, 0.4) is 0 Å². The number of anilines is 1. The smallest absolute Gasteiger partial charge is 0.171 e. The van der Waals surface area contributed by atoms with Gasteiger partial charge in [0.15, 0.2) is 16.9 Å². The van der Waals surface area contributed by atoms with E-state index in [9.17, 15) is 0 Å². The first-order valence-electron chi connectivity index (χ1n) is 6.70. The van der Waals surface area contributed by atoms with E-state index in [1.807, 2.05) is 36.4 Å². The van der Waals surface area contributed by atoms with E-state index in [0.29, 0.717) is 11.7 Å². The number of nitrogens with one attached hydrogen (secondary N) is 3. The summed E-state index contributed by atoms with van der Waals surface area (Å²) in [4.78, 5) is 1.28. The van der Waals surface area contributed by atoms with Crippen LogP contribution in [0.15, 0.2) is 51.6 Å². The Labute approximate surface area is 138 Å². The Kier molecular flexibility index (Phi) is 5.78. The summed E-state index contributed by atoms with van der Waals surface area (Å²) >= 11 is 8.78. The molecule has 3 N–H and O–H groups in total. The van der Waals surface area contributed by atoms with Crippen molar-refractivity contribution in [1.82, 2.24) is 5.32 Å². The van der Waals surface area contributed by atoms with E-state index in [1.165, 1.54) is 4.90 Å². The minimum absolute atomic E-state index is 0.210. The monoisotopic (exact) mass is 368 g/mol. The Hall–Kier alpha value is -1.37. The molecular formula is C15H19BrN3OS+. The minimum Gasteiger partial charge on any atom is -0.463 e. The molecule has 0 fully saturated rings. The second-order valence-electron chi connectivity index (χ2n) is 4.99. The molecule has 0 aliphatic heterocycles. The molecule has 0 saturated heterocycles. The van der Waals surface area contributed by atoms with Gasteiger partial charge in [-0.05, 0) is 42.5 Å². The van der Waals surface area contributed by atoms with Crippen molar-refractivity contribution in [2.75, 3.05) is 26.0 Å². The highest BCUT2D eigenvalue weighted by Crippen LogP contribution is 2.15. The first-order chi connectivity index (χ1) is 10.1. The third kappa shape index (κ3) is 4.84. The standard InChI is InChI=1S/C15H18BrN3OS/c1-19(2)13(14-7-4-8-20-14)10-17-15(21)18-12-6-3-5-11(16)9-12/h3-9,13H,10H2,1-2H3,(H2,17,18,21)/p+1/t13-/m0/s1. The van der Waals surface area contributed by atoms with Crippen LogP contribution in [0.25, 0.3) is 0 Å². The van der Waals surface area contributed by atoms with Crippen molar-refractivity contribution in [2.24, 2.45) is 0 Å². The largest absolute Gasteiger partial charge is 0.463 e. The van der Waals surface area contributed by atoms with Crippen molar-refractivity contribution in [2.45, 2.75) is 6.04 Å². The van der Waals surface area contributed by atoms with Gasteiger partial charge in [0.2, 0.25) is 0 Å². The Morgan fingerprint density at radius 2 is 2.14 bits per heavy atom. The molecule has 1 aromatic carbocycles. The van der Waals surface area contributed by atoms with Gasteiger partial charge in [-0.25, -0.2) is 0 Å². The van der Waals surface area contributed by atoms with Crippen LogP contribution in [-0.4, -0.2) is 25.8 Å². The van der Waals surface area contributed by atoms with Gasteiger partial charge < -0.3 is 20.0 Å². The quantitative estimate of drug-likeness (QED) is 0.707. The number of benzene rings is 1. The first-order valence-corrected chi connectivity index (χ1v) is 7.90. The fraction of sp³-hybridized carbons (Fsp3) is 0.267. The number of rotatable bonds is 5. The predicted molar refractivity (Wildman–Crippen MR) is 92.6 cm³/mol. The maximum atomic E-state index is 5.49. The molecule has 1 aromatic heterocycles. The van der Waals surface area contributed by atoms with Crippen LogP contribution in [0.2, 0.25) is 0 Å². The van der Waals surface area contributed by atoms with E-state index in [2.05, 4.69) is 40.7 Å². The van der Waals surface area contributed by atoms with Crippen molar-refractivity contribution in [3.8, 4) is 0 Å². The minimum atomic E-state index is 0.210. The lowest BCUT2D eigenvalue weighted by molar-refractivity contribution is -0.891. The molecule has 2 rings (SSSR count). The van der Waals surface area contributed by atoms with Gasteiger partial charge in [0, 0.05) is 10.2 Å².